The summed E-state index contributed by atoms with van der Waals surface area (Å²) >= 11 is 7.88. The van der Waals surface area contributed by atoms with Crippen LogP contribution >= 0.6 is 22.9 Å². The average molecular weight is 308 g/mol. The lowest BCUT2D eigenvalue weighted by Crippen LogP contribution is -2.32. The number of hydrogen-bond donors (Lipinski definition) is 1. The molecule has 1 N–H and O–H groups in total. The van der Waals surface area contributed by atoms with Gasteiger partial charge in [0.2, 0.25) is 0 Å². The van der Waals surface area contributed by atoms with E-state index in [4.69, 9.17) is 11.6 Å². The number of hydrogen-bond acceptors (Lipinski definition) is 2. The van der Waals surface area contributed by atoms with Gasteiger partial charge in [0.1, 0.15) is 0 Å². The Morgan fingerprint density at radius 2 is 1.70 bits per heavy atom. The molecule has 0 saturated heterocycles. The van der Waals surface area contributed by atoms with Gasteiger partial charge >= 0.3 is 0 Å². The zero-order valence-electron chi connectivity index (χ0n) is 12.2. The highest BCUT2D eigenvalue weighted by atomic mass is 35.5. The van der Waals surface area contributed by atoms with Crippen LogP contribution in [0.4, 0.5) is 0 Å². The van der Waals surface area contributed by atoms with Crippen LogP contribution in [0.3, 0.4) is 0 Å². The second-order valence-electron chi connectivity index (χ2n) is 5.01. The molecule has 0 bridgehead atoms. The molecule has 2 aromatic rings. The van der Waals surface area contributed by atoms with Gasteiger partial charge in [-0.2, -0.15) is 0 Å². The number of thiophene rings is 1. The van der Waals surface area contributed by atoms with Crippen LogP contribution in [-0.2, 0) is 19.3 Å². The molecule has 0 saturated carbocycles. The van der Waals surface area contributed by atoms with E-state index >= 15 is 0 Å². The highest BCUT2D eigenvalue weighted by molar-refractivity contribution is 7.11. The maximum Gasteiger partial charge on any atom is 0.0406 e. The number of benzene rings is 1. The Morgan fingerprint density at radius 3 is 2.30 bits per heavy atom. The smallest absolute Gasteiger partial charge is 0.0406 e. The van der Waals surface area contributed by atoms with Crippen LogP contribution in [0.15, 0.2) is 36.4 Å². The third kappa shape index (κ3) is 4.62. The van der Waals surface area contributed by atoms with E-state index in [0.29, 0.717) is 6.04 Å². The van der Waals surface area contributed by atoms with E-state index in [1.165, 1.54) is 15.3 Å². The van der Waals surface area contributed by atoms with E-state index < -0.39 is 0 Å². The van der Waals surface area contributed by atoms with Crippen LogP contribution in [0.1, 0.15) is 29.2 Å². The summed E-state index contributed by atoms with van der Waals surface area (Å²) in [5.41, 5.74) is 1.34. The van der Waals surface area contributed by atoms with Crippen molar-refractivity contribution in [1.29, 1.82) is 0 Å². The van der Waals surface area contributed by atoms with Crippen LogP contribution in [0, 0.1) is 0 Å². The fourth-order valence-corrected chi connectivity index (χ4v) is 3.54. The number of rotatable bonds is 7. The summed E-state index contributed by atoms with van der Waals surface area (Å²) in [6.45, 7) is 5.39. The zero-order chi connectivity index (χ0) is 14.4. The molecule has 0 aliphatic heterocycles. The van der Waals surface area contributed by atoms with Crippen molar-refractivity contribution in [2.75, 3.05) is 6.54 Å². The number of likely N-dealkylation sites (N-methyl/N-ethyl adjacent to an activating group) is 1. The van der Waals surface area contributed by atoms with Crippen molar-refractivity contribution in [1.82, 2.24) is 5.32 Å². The molecular weight excluding hydrogens is 286 g/mol. The van der Waals surface area contributed by atoms with Crippen LogP contribution in [0.25, 0.3) is 0 Å². The molecule has 2 rings (SSSR count). The van der Waals surface area contributed by atoms with Gasteiger partial charge in [-0.25, -0.2) is 0 Å². The van der Waals surface area contributed by atoms with Gasteiger partial charge < -0.3 is 5.32 Å². The maximum atomic E-state index is 5.94. The lowest BCUT2D eigenvalue weighted by Gasteiger charge is -2.17. The summed E-state index contributed by atoms with van der Waals surface area (Å²) in [5, 5.41) is 4.40. The molecule has 0 spiro atoms. The summed E-state index contributed by atoms with van der Waals surface area (Å²) in [4.78, 5) is 2.95. The Kier molecular flexibility index (Phi) is 6.08. The van der Waals surface area contributed by atoms with Gasteiger partial charge in [0.05, 0.1) is 0 Å². The van der Waals surface area contributed by atoms with E-state index in [2.05, 4.69) is 43.4 Å². The third-order valence-corrected chi connectivity index (χ3v) is 4.91. The highest BCUT2D eigenvalue weighted by Crippen LogP contribution is 2.20. The molecule has 3 heteroatoms. The SMILES string of the molecule is CCNC(Cc1ccc(Cl)cc1)Cc1ccc(CC)s1. The molecule has 1 atom stereocenters. The second-order valence-corrected chi connectivity index (χ2v) is 6.70. The normalized spacial score (nSPS) is 12.6. The van der Waals surface area contributed by atoms with E-state index in [9.17, 15) is 0 Å². The number of nitrogens with one attached hydrogen (secondary N) is 1. The molecule has 0 fully saturated rings. The van der Waals surface area contributed by atoms with Gasteiger partial charge in [-0.1, -0.05) is 37.6 Å². The first-order valence-corrected chi connectivity index (χ1v) is 8.46. The van der Waals surface area contributed by atoms with Crippen LogP contribution in [0.5, 0.6) is 0 Å². The van der Waals surface area contributed by atoms with Crippen molar-refractivity contribution in [3.63, 3.8) is 0 Å². The first-order valence-electron chi connectivity index (χ1n) is 7.26. The van der Waals surface area contributed by atoms with Gasteiger partial charge in [-0.15, -0.1) is 11.3 Å². The zero-order valence-corrected chi connectivity index (χ0v) is 13.7. The summed E-state index contributed by atoms with van der Waals surface area (Å²) in [6.07, 6.45) is 3.28. The van der Waals surface area contributed by atoms with Crippen molar-refractivity contribution < 1.29 is 0 Å². The molecule has 0 radical (unpaired) electrons. The Balaban J connectivity index is 2.00. The first kappa shape index (κ1) is 15.6. The van der Waals surface area contributed by atoms with E-state index in [1.54, 1.807) is 0 Å². The van der Waals surface area contributed by atoms with Crippen molar-refractivity contribution >= 4 is 22.9 Å². The molecule has 108 valence electrons. The van der Waals surface area contributed by atoms with Gasteiger partial charge in [0.15, 0.2) is 0 Å². The number of aryl methyl sites for hydroxylation is 1. The molecule has 0 aliphatic rings. The minimum absolute atomic E-state index is 0.490. The highest BCUT2D eigenvalue weighted by Gasteiger charge is 2.11. The standard InChI is InChI=1S/C17H22ClNS/c1-3-16-9-10-17(20-16)12-15(19-4-2)11-13-5-7-14(18)8-6-13/h5-10,15,19H,3-4,11-12H2,1-2H3. The maximum absolute atomic E-state index is 5.94. The molecule has 0 amide bonds. The fraction of sp³-hybridized carbons (Fsp3) is 0.412. The quantitative estimate of drug-likeness (QED) is 0.780. The molecule has 1 heterocycles. The average Bonchev–Trinajstić information content (AvgIpc) is 2.89. The lowest BCUT2D eigenvalue weighted by atomic mass is 10.0. The van der Waals surface area contributed by atoms with Crippen molar-refractivity contribution in [2.24, 2.45) is 0 Å². The molecule has 1 aromatic heterocycles. The minimum Gasteiger partial charge on any atom is -0.314 e. The Labute approximate surface area is 131 Å². The van der Waals surface area contributed by atoms with Gasteiger partial charge in [-0.05, 0) is 55.6 Å². The fourth-order valence-electron chi connectivity index (χ4n) is 2.38. The molecule has 20 heavy (non-hydrogen) atoms. The number of halogens is 1. The molecule has 1 aromatic carbocycles. The van der Waals surface area contributed by atoms with Gasteiger partial charge in [0.25, 0.3) is 0 Å². The molecular formula is C17H22ClNS. The Bertz CT molecular complexity index is 518. The predicted octanol–water partition coefficient (Wildman–Crippen LogP) is 4.73. The van der Waals surface area contributed by atoms with Gasteiger partial charge in [0, 0.05) is 20.8 Å². The third-order valence-electron chi connectivity index (χ3n) is 3.40. The first-order chi connectivity index (χ1) is 9.71. The van der Waals surface area contributed by atoms with Crippen LogP contribution < -0.4 is 5.32 Å². The Morgan fingerprint density at radius 1 is 1.00 bits per heavy atom. The van der Waals surface area contributed by atoms with E-state index in [-0.39, 0.29) is 0 Å². The monoisotopic (exact) mass is 307 g/mol. The molecule has 1 nitrogen and oxygen atoms in total. The predicted molar refractivity (Wildman–Crippen MR) is 90.0 cm³/mol. The minimum atomic E-state index is 0.490. The summed E-state index contributed by atoms with van der Waals surface area (Å²) < 4.78 is 0. The van der Waals surface area contributed by atoms with Crippen LogP contribution in [0.2, 0.25) is 5.02 Å². The van der Waals surface area contributed by atoms with Gasteiger partial charge in [-0.3, -0.25) is 0 Å². The Hall–Kier alpha value is -0.830. The topological polar surface area (TPSA) is 12.0 Å². The van der Waals surface area contributed by atoms with Crippen molar-refractivity contribution in [2.45, 2.75) is 39.2 Å². The van der Waals surface area contributed by atoms with E-state index in [1.807, 2.05) is 23.5 Å². The van der Waals surface area contributed by atoms with Crippen molar-refractivity contribution in [3.8, 4) is 0 Å². The summed E-state index contributed by atoms with van der Waals surface area (Å²) in [5.74, 6) is 0. The second kappa shape index (κ2) is 7.82. The lowest BCUT2D eigenvalue weighted by molar-refractivity contribution is 0.524. The van der Waals surface area contributed by atoms with E-state index in [0.717, 1.165) is 30.8 Å². The van der Waals surface area contributed by atoms with Crippen molar-refractivity contribution in [3.05, 3.63) is 56.7 Å². The summed E-state index contributed by atoms with van der Waals surface area (Å²) in [7, 11) is 0. The largest absolute Gasteiger partial charge is 0.314 e. The molecule has 1 unspecified atom stereocenters. The summed E-state index contributed by atoms with van der Waals surface area (Å²) in [6, 6.07) is 13.2. The molecule has 0 aliphatic carbocycles. The van der Waals surface area contributed by atoms with Crippen LogP contribution in [-0.4, -0.2) is 12.6 Å².